The van der Waals surface area contributed by atoms with Crippen molar-refractivity contribution >= 4 is 29.2 Å². The van der Waals surface area contributed by atoms with Gasteiger partial charge in [0.05, 0.1) is 11.6 Å². The van der Waals surface area contributed by atoms with E-state index in [4.69, 9.17) is 16.3 Å². The number of carbonyl (C=O) groups excluding carboxylic acids is 1. The van der Waals surface area contributed by atoms with Crippen molar-refractivity contribution in [1.82, 2.24) is 5.32 Å². The van der Waals surface area contributed by atoms with Crippen LogP contribution in [0.4, 0.5) is 0 Å². The fourth-order valence-electron chi connectivity index (χ4n) is 2.60. The molecule has 3 nitrogen and oxygen atoms in total. The predicted molar refractivity (Wildman–Crippen MR) is 111 cm³/mol. The highest BCUT2D eigenvalue weighted by Crippen LogP contribution is 2.23. The van der Waals surface area contributed by atoms with Crippen molar-refractivity contribution in [2.45, 2.75) is 0 Å². The van der Waals surface area contributed by atoms with E-state index >= 15 is 0 Å². The lowest BCUT2D eigenvalue weighted by atomic mass is 10.0. The van der Waals surface area contributed by atoms with Crippen LogP contribution in [0.15, 0.2) is 84.9 Å². The summed E-state index contributed by atoms with van der Waals surface area (Å²) in [6.07, 6.45) is 1.89. The van der Waals surface area contributed by atoms with Crippen molar-refractivity contribution in [3.63, 3.8) is 0 Å². The van der Waals surface area contributed by atoms with Crippen LogP contribution in [-0.2, 0) is 4.79 Å². The molecule has 0 unspecified atom stereocenters. The number of benzene rings is 3. The largest absolute Gasteiger partial charge is 0.490 e. The molecular formula is C23H20ClNO2. The number of rotatable bonds is 7. The molecule has 1 N–H and O–H groups in total. The third-order valence-electron chi connectivity index (χ3n) is 3.92. The van der Waals surface area contributed by atoms with Gasteiger partial charge in [-0.1, -0.05) is 84.4 Å². The Balaban J connectivity index is 1.67. The molecule has 3 aromatic carbocycles. The second-order valence-corrected chi connectivity index (χ2v) is 6.28. The maximum absolute atomic E-state index is 12.8. The molecule has 4 heteroatoms. The minimum atomic E-state index is -0.146. The first-order chi connectivity index (χ1) is 13.2. The lowest BCUT2D eigenvalue weighted by Crippen LogP contribution is -2.28. The second-order valence-electron chi connectivity index (χ2n) is 5.87. The van der Waals surface area contributed by atoms with Crippen LogP contribution in [-0.4, -0.2) is 19.1 Å². The highest BCUT2D eigenvalue weighted by atomic mass is 35.5. The van der Waals surface area contributed by atoms with Crippen LogP contribution in [0.3, 0.4) is 0 Å². The van der Waals surface area contributed by atoms with Crippen molar-refractivity contribution < 1.29 is 9.53 Å². The molecule has 0 radical (unpaired) electrons. The smallest absolute Gasteiger partial charge is 0.252 e. The summed E-state index contributed by atoms with van der Waals surface area (Å²) in [5, 5.41) is 3.47. The molecule has 0 saturated carbocycles. The molecule has 27 heavy (non-hydrogen) atoms. The Morgan fingerprint density at radius 3 is 2.22 bits per heavy atom. The number of nitrogens with one attached hydrogen (secondary N) is 1. The molecule has 0 fully saturated rings. The van der Waals surface area contributed by atoms with Gasteiger partial charge in [0.25, 0.3) is 5.91 Å². The van der Waals surface area contributed by atoms with Gasteiger partial charge in [-0.3, -0.25) is 4.79 Å². The SMILES string of the molecule is O=C(NCCOc1ccccc1Cl)/C(=C/c1ccccc1)c1ccccc1. The summed E-state index contributed by atoms with van der Waals surface area (Å²) in [5.41, 5.74) is 2.45. The van der Waals surface area contributed by atoms with E-state index in [0.717, 1.165) is 11.1 Å². The molecule has 0 heterocycles. The molecule has 3 rings (SSSR count). The van der Waals surface area contributed by atoms with Crippen LogP contribution in [0.1, 0.15) is 11.1 Å². The van der Waals surface area contributed by atoms with Crippen molar-refractivity contribution in [1.29, 1.82) is 0 Å². The minimum Gasteiger partial charge on any atom is -0.490 e. The summed E-state index contributed by atoms with van der Waals surface area (Å²) in [6.45, 7) is 0.714. The Kier molecular flexibility index (Phi) is 6.66. The Labute approximate surface area is 164 Å². The van der Waals surface area contributed by atoms with E-state index < -0.39 is 0 Å². The van der Waals surface area contributed by atoms with Gasteiger partial charge in [0, 0.05) is 5.57 Å². The van der Waals surface area contributed by atoms with Crippen LogP contribution in [0.25, 0.3) is 11.6 Å². The van der Waals surface area contributed by atoms with E-state index in [-0.39, 0.29) is 5.91 Å². The van der Waals surface area contributed by atoms with E-state index in [1.54, 1.807) is 12.1 Å². The van der Waals surface area contributed by atoms with Gasteiger partial charge in [0.1, 0.15) is 12.4 Å². The summed E-state index contributed by atoms with van der Waals surface area (Å²) in [5.74, 6) is 0.462. The van der Waals surface area contributed by atoms with Gasteiger partial charge in [-0.2, -0.15) is 0 Å². The number of ether oxygens (including phenoxy) is 1. The van der Waals surface area contributed by atoms with E-state index in [1.165, 1.54) is 0 Å². The lowest BCUT2D eigenvalue weighted by Gasteiger charge is -2.11. The summed E-state index contributed by atoms with van der Waals surface area (Å²) in [4.78, 5) is 12.8. The molecule has 0 aliphatic carbocycles. The molecule has 0 aliphatic heterocycles. The Bertz CT molecular complexity index is 908. The van der Waals surface area contributed by atoms with Crippen LogP contribution >= 0.6 is 11.6 Å². The molecule has 136 valence electrons. The third kappa shape index (κ3) is 5.47. The second kappa shape index (κ2) is 9.60. The molecule has 0 spiro atoms. The first-order valence-electron chi connectivity index (χ1n) is 8.72. The summed E-state index contributed by atoms with van der Waals surface area (Å²) in [7, 11) is 0. The zero-order chi connectivity index (χ0) is 18.9. The van der Waals surface area contributed by atoms with Gasteiger partial charge in [-0.15, -0.1) is 0 Å². The van der Waals surface area contributed by atoms with Gasteiger partial charge in [-0.25, -0.2) is 0 Å². The minimum absolute atomic E-state index is 0.146. The Morgan fingerprint density at radius 1 is 0.889 bits per heavy atom. The average molecular weight is 378 g/mol. The molecule has 3 aromatic rings. The zero-order valence-electron chi connectivity index (χ0n) is 14.8. The number of hydrogen-bond donors (Lipinski definition) is 1. The van der Waals surface area contributed by atoms with Crippen molar-refractivity contribution in [3.05, 3.63) is 101 Å². The zero-order valence-corrected chi connectivity index (χ0v) is 15.5. The number of amides is 1. The summed E-state index contributed by atoms with van der Waals surface area (Å²) >= 11 is 6.07. The van der Waals surface area contributed by atoms with E-state index in [2.05, 4.69) is 5.32 Å². The maximum atomic E-state index is 12.8. The Morgan fingerprint density at radius 2 is 1.52 bits per heavy atom. The molecule has 0 atom stereocenters. The van der Waals surface area contributed by atoms with E-state index in [0.29, 0.717) is 29.5 Å². The highest BCUT2D eigenvalue weighted by Gasteiger charge is 2.11. The first-order valence-corrected chi connectivity index (χ1v) is 9.09. The molecule has 0 aromatic heterocycles. The van der Waals surface area contributed by atoms with Gasteiger partial charge in [-0.05, 0) is 29.3 Å². The quantitative estimate of drug-likeness (QED) is 0.354. The van der Waals surface area contributed by atoms with Crippen molar-refractivity contribution in [2.24, 2.45) is 0 Å². The standard InChI is InChI=1S/C23H20ClNO2/c24-21-13-7-8-14-22(21)27-16-15-25-23(26)20(19-11-5-2-6-12-19)17-18-9-3-1-4-10-18/h1-14,17H,15-16H2,(H,25,26)/b20-17+. The number of carbonyl (C=O) groups is 1. The fourth-order valence-corrected chi connectivity index (χ4v) is 2.79. The van der Waals surface area contributed by atoms with Crippen molar-refractivity contribution in [2.75, 3.05) is 13.2 Å². The van der Waals surface area contributed by atoms with Gasteiger partial charge in [0.2, 0.25) is 0 Å². The third-order valence-corrected chi connectivity index (χ3v) is 4.23. The highest BCUT2D eigenvalue weighted by molar-refractivity contribution is 6.32. The van der Waals surface area contributed by atoms with Crippen LogP contribution in [0.5, 0.6) is 5.75 Å². The number of hydrogen-bond acceptors (Lipinski definition) is 2. The molecular weight excluding hydrogens is 358 g/mol. The topological polar surface area (TPSA) is 38.3 Å². The first kappa shape index (κ1) is 18.7. The van der Waals surface area contributed by atoms with Crippen LogP contribution < -0.4 is 10.1 Å². The molecule has 1 amide bonds. The van der Waals surface area contributed by atoms with E-state index in [9.17, 15) is 4.79 Å². The predicted octanol–water partition coefficient (Wildman–Crippen LogP) is 5.08. The van der Waals surface area contributed by atoms with Gasteiger partial charge >= 0.3 is 0 Å². The normalized spacial score (nSPS) is 11.1. The number of para-hydroxylation sites is 1. The van der Waals surface area contributed by atoms with Crippen LogP contribution in [0, 0.1) is 0 Å². The Hall–Kier alpha value is -3.04. The maximum Gasteiger partial charge on any atom is 0.252 e. The molecule has 0 bridgehead atoms. The fraction of sp³-hybridized carbons (Fsp3) is 0.0870. The van der Waals surface area contributed by atoms with Gasteiger partial charge < -0.3 is 10.1 Å². The average Bonchev–Trinajstić information content (AvgIpc) is 2.72. The summed E-state index contributed by atoms with van der Waals surface area (Å²) < 4.78 is 5.62. The van der Waals surface area contributed by atoms with Gasteiger partial charge in [0.15, 0.2) is 0 Å². The monoisotopic (exact) mass is 377 g/mol. The molecule has 0 aliphatic rings. The van der Waals surface area contributed by atoms with E-state index in [1.807, 2.05) is 78.9 Å². The molecule has 0 saturated heterocycles. The van der Waals surface area contributed by atoms with Crippen molar-refractivity contribution in [3.8, 4) is 5.75 Å². The number of halogens is 1. The van der Waals surface area contributed by atoms with Crippen LogP contribution in [0.2, 0.25) is 5.02 Å². The lowest BCUT2D eigenvalue weighted by molar-refractivity contribution is -0.115. The summed E-state index contributed by atoms with van der Waals surface area (Å²) in [6, 6.07) is 26.7.